The van der Waals surface area contributed by atoms with Crippen molar-refractivity contribution in [1.82, 2.24) is 0 Å². The number of hydrogen-bond acceptors (Lipinski definition) is 1. The molecule has 1 fully saturated rings. The molecule has 0 bridgehead atoms. The molecule has 2 nitrogen and oxygen atoms in total. The molecule has 0 spiro atoms. The first-order chi connectivity index (χ1) is 7.94. The van der Waals surface area contributed by atoms with Crippen LogP contribution in [0.5, 0.6) is 0 Å². The van der Waals surface area contributed by atoms with E-state index < -0.39 is 23.6 Å². The first-order valence-electron chi connectivity index (χ1n) is 5.24. The van der Waals surface area contributed by atoms with Crippen molar-refractivity contribution in [2.24, 2.45) is 0 Å². The van der Waals surface area contributed by atoms with Crippen molar-refractivity contribution >= 4 is 5.97 Å². The predicted molar refractivity (Wildman–Crippen MR) is 54.5 cm³/mol. The maximum atomic E-state index is 13.6. The van der Waals surface area contributed by atoms with Crippen molar-refractivity contribution in [2.75, 3.05) is 0 Å². The van der Waals surface area contributed by atoms with E-state index in [1.807, 2.05) is 0 Å². The number of aliphatic carboxylic acids is 1. The summed E-state index contributed by atoms with van der Waals surface area (Å²) in [7, 11) is 0. The number of halogens is 3. The standard InChI is InChI=1S/C12H11F3O2/c13-9-2-1-7(11(14)15)5-8(9)12(3-4-12)6-10(16)17/h1-2,5,11H,3-4,6H2,(H,16,17). The fourth-order valence-electron chi connectivity index (χ4n) is 2.07. The summed E-state index contributed by atoms with van der Waals surface area (Å²) < 4.78 is 38.6. The van der Waals surface area contributed by atoms with Gasteiger partial charge in [0.1, 0.15) is 5.82 Å². The maximum Gasteiger partial charge on any atom is 0.304 e. The quantitative estimate of drug-likeness (QED) is 0.882. The molecule has 5 heteroatoms. The molecular weight excluding hydrogens is 233 g/mol. The molecule has 0 aromatic heterocycles. The lowest BCUT2D eigenvalue weighted by molar-refractivity contribution is -0.137. The Bertz CT molecular complexity index is 453. The molecule has 0 amide bonds. The van der Waals surface area contributed by atoms with E-state index in [-0.39, 0.29) is 17.5 Å². The van der Waals surface area contributed by atoms with E-state index in [1.54, 1.807) is 0 Å². The molecule has 1 aliphatic carbocycles. The minimum atomic E-state index is -2.67. The SMILES string of the molecule is O=C(O)CC1(c2cc(C(F)F)ccc2F)CC1. The van der Waals surface area contributed by atoms with Gasteiger partial charge < -0.3 is 5.11 Å². The summed E-state index contributed by atoms with van der Waals surface area (Å²) in [5.74, 6) is -1.64. The van der Waals surface area contributed by atoms with Crippen molar-refractivity contribution in [1.29, 1.82) is 0 Å². The van der Waals surface area contributed by atoms with Crippen LogP contribution in [0.25, 0.3) is 0 Å². The van der Waals surface area contributed by atoms with Gasteiger partial charge in [-0.3, -0.25) is 4.79 Å². The highest BCUT2D eigenvalue weighted by molar-refractivity contribution is 5.70. The number of hydrogen-bond donors (Lipinski definition) is 1. The third-order valence-electron chi connectivity index (χ3n) is 3.16. The van der Waals surface area contributed by atoms with Gasteiger partial charge in [-0.1, -0.05) is 6.07 Å². The third-order valence-corrected chi connectivity index (χ3v) is 3.16. The Morgan fingerprint density at radius 3 is 2.53 bits per heavy atom. The van der Waals surface area contributed by atoms with Crippen molar-refractivity contribution in [3.63, 3.8) is 0 Å². The van der Waals surface area contributed by atoms with E-state index in [0.717, 1.165) is 18.2 Å². The molecule has 17 heavy (non-hydrogen) atoms. The molecule has 0 heterocycles. The summed E-state index contributed by atoms with van der Waals surface area (Å²) in [6.45, 7) is 0. The van der Waals surface area contributed by atoms with E-state index >= 15 is 0 Å². The lowest BCUT2D eigenvalue weighted by atomic mass is 9.90. The Morgan fingerprint density at radius 2 is 2.06 bits per heavy atom. The molecule has 0 aliphatic heterocycles. The van der Waals surface area contributed by atoms with Crippen molar-refractivity contribution in [2.45, 2.75) is 31.1 Å². The molecule has 0 saturated heterocycles. The zero-order valence-electron chi connectivity index (χ0n) is 8.92. The highest BCUT2D eigenvalue weighted by atomic mass is 19.3. The number of carboxylic acids is 1. The summed E-state index contributed by atoms with van der Waals surface area (Å²) in [4.78, 5) is 10.7. The van der Waals surface area contributed by atoms with Crippen molar-refractivity contribution < 1.29 is 23.1 Å². The highest BCUT2D eigenvalue weighted by Gasteiger charge is 2.47. The molecule has 0 radical (unpaired) electrons. The molecule has 0 unspecified atom stereocenters. The summed E-state index contributed by atoms with van der Waals surface area (Å²) in [5.41, 5.74) is -0.934. The van der Waals surface area contributed by atoms with Gasteiger partial charge in [0.05, 0.1) is 6.42 Å². The molecule has 1 aliphatic rings. The van der Waals surface area contributed by atoms with Crippen molar-refractivity contribution in [3.05, 3.63) is 35.1 Å². The molecule has 92 valence electrons. The minimum Gasteiger partial charge on any atom is -0.481 e. The Balaban J connectivity index is 2.37. The predicted octanol–water partition coefficient (Wildman–Crippen LogP) is 3.27. The van der Waals surface area contributed by atoms with Crippen LogP contribution in [-0.2, 0) is 10.2 Å². The van der Waals surface area contributed by atoms with E-state index in [9.17, 15) is 18.0 Å². The number of carbonyl (C=O) groups is 1. The number of rotatable bonds is 4. The minimum absolute atomic E-state index is 0.109. The van der Waals surface area contributed by atoms with Crippen LogP contribution in [-0.4, -0.2) is 11.1 Å². The second kappa shape index (κ2) is 4.05. The van der Waals surface area contributed by atoms with Gasteiger partial charge in [0.15, 0.2) is 0 Å². The molecule has 1 aromatic rings. The molecular formula is C12H11F3O2. The van der Waals surface area contributed by atoms with Crippen LogP contribution in [0.2, 0.25) is 0 Å². The normalized spacial score (nSPS) is 17.2. The number of alkyl halides is 2. The summed E-state index contributed by atoms with van der Waals surface area (Å²) in [6, 6.07) is 3.11. The van der Waals surface area contributed by atoms with Crippen LogP contribution >= 0.6 is 0 Å². The average Bonchev–Trinajstić information content (AvgIpc) is 2.97. The monoisotopic (exact) mass is 244 g/mol. The van der Waals surface area contributed by atoms with Gasteiger partial charge in [0.2, 0.25) is 0 Å². The van der Waals surface area contributed by atoms with Crippen molar-refractivity contribution in [3.8, 4) is 0 Å². The lowest BCUT2D eigenvalue weighted by Crippen LogP contribution is -2.15. The second-order valence-electron chi connectivity index (χ2n) is 4.39. The Hall–Kier alpha value is -1.52. The van der Waals surface area contributed by atoms with Gasteiger partial charge in [0, 0.05) is 11.0 Å². The highest BCUT2D eigenvalue weighted by Crippen LogP contribution is 2.52. The molecule has 1 N–H and O–H groups in total. The molecule has 1 aromatic carbocycles. The fourth-order valence-corrected chi connectivity index (χ4v) is 2.07. The fraction of sp³-hybridized carbons (Fsp3) is 0.417. The van der Waals surface area contributed by atoms with Gasteiger partial charge >= 0.3 is 5.97 Å². The van der Waals surface area contributed by atoms with E-state index in [1.165, 1.54) is 0 Å². The zero-order chi connectivity index (χ0) is 12.6. The van der Waals surface area contributed by atoms with Crippen LogP contribution < -0.4 is 0 Å². The summed E-state index contributed by atoms with van der Waals surface area (Å²) >= 11 is 0. The van der Waals surface area contributed by atoms with Gasteiger partial charge in [-0.25, -0.2) is 13.2 Å². The van der Waals surface area contributed by atoms with Crippen LogP contribution in [0.4, 0.5) is 13.2 Å². The van der Waals surface area contributed by atoms with E-state index in [4.69, 9.17) is 5.11 Å². The molecule has 2 rings (SSSR count). The first-order valence-corrected chi connectivity index (χ1v) is 5.24. The van der Waals surface area contributed by atoms with Gasteiger partial charge in [0.25, 0.3) is 6.43 Å². The topological polar surface area (TPSA) is 37.3 Å². The maximum absolute atomic E-state index is 13.6. The number of benzene rings is 1. The van der Waals surface area contributed by atoms with Crippen LogP contribution in [0.1, 0.15) is 36.8 Å². The summed E-state index contributed by atoms with van der Waals surface area (Å²) in [6.07, 6.45) is -1.82. The van der Waals surface area contributed by atoms with E-state index in [0.29, 0.717) is 12.8 Å². The van der Waals surface area contributed by atoms with E-state index in [2.05, 4.69) is 0 Å². The van der Waals surface area contributed by atoms with Crippen LogP contribution in [0.3, 0.4) is 0 Å². The van der Waals surface area contributed by atoms with Gasteiger partial charge in [-0.15, -0.1) is 0 Å². The Morgan fingerprint density at radius 1 is 1.41 bits per heavy atom. The average molecular weight is 244 g/mol. The second-order valence-corrected chi connectivity index (χ2v) is 4.39. The van der Waals surface area contributed by atoms with Crippen LogP contribution in [0, 0.1) is 5.82 Å². The lowest BCUT2D eigenvalue weighted by Gasteiger charge is -2.15. The molecule has 0 atom stereocenters. The van der Waals surface area contributed by atoms with Crippen LogP contribution in [0.15, 0.2) is 18.2 Å². The number of carboxylic acid groups (broad SMARTS) is 1. The van der Waals surface area contributed by atoms with Gasteiger partial charge in [-0.2, -0.15) is 0 Å². The largest absolute Gasteiger partial charge is 0.481 e. The molecule has 1 saturated carbocycles. The smallest absolute Gasteiger partial charge is 0.304 e. The Labute approximate surface area is 96.1 Å². The Kier molecular flexibility index (Phi) is 2.85. The zero-order valence-corrected chi connectivity index (χ0v) is 8.92. The third kappa shape index (κ3) is 2.28. The van der Waals surface area contributed by atoms with Gasteiger partial charge in [-0.05, 0) is 30.5 Å². The summed E-state index contributed by atoms with van der Waals surface area (Å²) in [5, 5.41) is 8.75. The first kappa shape index (κ1) is 12.0.